The van der Waals surface area contributed by atoms with E-state index in [1.807, 2.05) is 34.1 Å². The minimum absolute atomic E-state index is 0.0405. The van der Waals surface area contributed by atoms with Gasteiger partial charge in [-0.25, -0.2) is 4.79 Å². The highest BCUT2D eigenvalue weighted by Crippen LogP contribution is 2.25. The lowest BCUT2D eigenvalue weighted by Crippen LogP contribution is -2.48. The molecule has 32 heavy (non-hydrogen) atoms. The predicted octanol–water partition coefficient (Wildman–Crippen LogP) is 4.58. The van der Waals surface area contributed by atoms with Crippen molar-refractivity contribution in [2.45, 2.75) is 77.4 Å². The molecule has 0 aromatic heterocycles. The van der Waals surface area contributed by atoms with E-state index in [0.29, 0.717) is 31.6 Å². The molecule has 1 aliphatic carbocycles. The second-order valence-electron chi connectivity index (χ2n) is 9.95. The van der Waals surface area contributed by atoms with Crippen LogP contribution in [0, 0.1) is 11.8 Å². The Balaban J connectivity index is 1.20. The Morgan fingerprint density at radius 3 is 2.34 bits per heavy atom. The Morgan fingerprint density at radius 1 is 0.938 bits per heavy atom. The summed E-state index contributed by atoms with van der Waals surface area (Å²) < 4.78 is 6.15. The number of nitrogens with zero attached hydrogens (tertiary/aromatic N) is 2. The van der Waals surface area contributed by atoms with E-state index in [9.17, 15) is 9.59 Å². The molecule has 1 saturated carbocycles. The van der Waals surface area contributed by atoms with Crippen molar-refractivity contribution >= 4 is 11.9 Å². The van der Waals surface area contributed by atoms with Crippen LogP contribution in [0.4, 0.5) is 4.79 Å². The zero-order chi connectivity index (χ0) is 22.3. The van der Waals surface area contributed by atoms with Gasteiger partial charge in [-0.1, -0.05) is 25.5 Å². The van der Waals surface area contributed by atoms with E-state index in [1.54, 1.807) is 0 Å². The molecule has 0 bridgehead atoms. The van der Waals surface area contributed by atoms with E-state index >= 15 is 0 Å². The number of hydrogen-bond acceptors (Lipinski definition) is 3. The first kappa shape index (κ1) is 22.9. The van der Waals surface area contributed by atoms with Gasteiger partial charge in [0.2, 0.25) is 5.91 Å². The van der Waals surface area contributed by atoms with Crippen LogP contribution in [0.2, 0.25) is 0 Å². The Kier molecular flexibility index (Phi) is 7.93. The van der Waals surface area contributed by atoms with Crippen molar-refractivity contribution in [3.05, 3.63) is 29.8 Å². The number of rotatable bonds is 5. The molecular weight excluding hydrogens is 402 g/mol. The molecule has 2 heterocycles. The topological polar surface area (TPSA) is 61.9 Å². The standard InChI is InChI=1S/C26H39N3O3/c1-20-10-14-28(15-11-20)25(30)22-12-16-29(17-13-22)26(31)27-19-21-6-5-9-24(18-21)32-23-7-3-2-4-8-23/h5-6,9,18,20,22-23H,2-4,7-8,10-17,19H2,1H3,(H,27,31). The molecule has 6 heteroatoms. The highest BCUT2D eigenvalue weighted by atomic mass is 16.5. The van der Waals surface area contributed by atoms with Crippen LogP contribution in [0.25, 0.3) is 0 Å². The molecule has 0 atom stereocenters. The van der Waals surface area contributed by atoms with E-state index in [-0.39, 0.29) is 11.9 Å². The van der Waals surface area contributed by atoms with Crippen LogP contribution in [-0.4, -0.2) is 54.0 Å². The molecule has 3 aliphatic rings. The summed E-state index contributed by atoms with van der Waals surface area (Å²) in [5.74, 6) is 1.99. The second kappa shape index (κ2) is 11.1. The molecule has 0 spiro atoms. The fraction of sp³-hybridized carbons (Fsp3) is 0.692. The van der Waals surface area contributed by atoms with E-state index in [1.165, 1.54) is 19.3 Å². The zero-order valence-corrected chi connectivity index (χ0v) is 19.6. The lowest BCUT2D eigenvalue weighted by Gasteiger charge is -2.36. The molecule has 0 unspecified atom stereocenters. The Morgan fingerprint density at radius 2 is 1.62 bits per heavy atom. The van der Waals surface area contributed by atoms with E-state index in [2.05, 4.69) is 12.2 Å². The average molecular weight is 442 g/mol. The van der Waals surface area contributed by atoms with Crippen molar-refractivity contribution in [1.82, 2.24) is 15.1 Å². The van der Waals surface area contributed by atoms with E-state index in [0.717, 1.165) is 68.8 Å². The first-order valence-corrected chi connectivity index (χ1v) is 12.7. The van der Waals surface area contributed by atoms with Crippen molar-refractivity contribution < 1.29 is 14.3 Å². The molecule has 1 N–H and O–H groups in total. The molecule has 1 aromatic rings. The molecule has 1 aromatic carbocycles. The average Bonchev–Trinajstić information content (AvgIpc) is 2.83. The summed E-state index contributed by atoms with van der Waals surface area (Å²) in [5, 5.41) is 3.05. The third kappa shape index (κ3) is 6.17. The number of piperidine rings is 2. The lowest BCUT2D eigenvalue weighted by atomic mass is 9.93. The van der Waals surface area contributed by atoms with Crippen LogP contribution in [0.3, 0.4) is 0 Å². The number of benzene rings is 1. The Hall–Kier alpha value is -2.24. The quantitative estimate of drug-likeness (QED) is 0.728. The summed E-state index contributed by atoms with van der Waals surface area (Å²) in [7, 11) is 0. The third-order valence-corrected chi connectivity index (χ3v) is 7.42. The van der Waals surface area contributed by atoms with Gasteiger partial charge in [0.15, 0.2) is 0 Å². The van der Waals surface area contributed by atoms with E-state index < -0.39 is 0 Å². The number of ether oxygens (including phenoxy) is 1. The van der Waals surface area contributed by atoms with E-state index in [4.69, 9.17) is 4.74 Å². The molecule has 176 valence electrons. The maximum Gasteiger partial charge on any atom is 0.317 e. The molecule has 3 amide bonds. The number of likely N-dealkylation sites (tertiary alicyclic amines) is 2. The van der Waals surface area contributed by atoms with Gasteiger partial charge in [0, 0.05) is 38.6 Å². The van der Waals surface area contributed by atoms with Crippen LogP contribution in [0.5, 0.6) is 5.75 Å². The van der Waals surface area contributed by atoms with Crippen LogP contribution in [0.15, 0.2) is 24.3 Å². The van der Waals surface area contributed by atoms with Crippen molar-refractivity contribution in [3.63, 3.8) is 0 Å². The monoisotopic (exact) mass is 441 g/mol. The fourth-order valence-corrected chi connectivity index (χ4v) is 5.21. The number of carbonyl (C=O) groups excluding carboxylic acids is 2. The number of urea groups is 1. The number of nitrogens with one attached hydrogen (secondary N) is 1. The van der Waals surface area contributed by atoms with Gasteiger partial charge in [0.05, 0.1) is 6.10 Å². The van der Waals surface area contributed by atoms with Crippen LogP contribution in [-0.2, 0) is 11.3 Å². The smallest absolute Gasteiger partial charge is 0.317 e. The fourth-order valence-electron chi connectivity index (χ4n) is 5.21. The molecular formula is C26H39N3O3. The van der Waals surface area contributed by atoms with Crippen molar-refractivity contribution in [1.29, 1.82) is 0 Å². The summed E-state index contributed by atoms with van der Waals surface area (Å²) in [4.78, 5) is 29.4. The number of hydrogen-bond donors (Lipinski definition) is 1. The van der Waals surface area contributed by atoms with Crippen LogP contribution < -0.4 is 10.1 Å². The first-order valence-electron chi connectivity index (χ1n) is 12.7. The highest BCUT2D eigenvalue weighted by molar-refractivity contribution is 5.80. The minimum Gasteiger partial charge on any atom is -0.490 e. The SMILES string of the molecule is CC1CCN(C(=O)C2CCN(C(=O)NCc3cccc(OC4CCCCC4)c3)CC2)CC1. The Labute approximate surface area is 192 Å². The molecule has 0 radical (unpaired) electrons. The maximum absolute atomic E-state index is 12.8. The third-order valence-electron chi connectivity index (χ3n) is 7.42. The van der Waals surface area contributed by atoms with Crippen molar-refractivity contribution in [2.24, 2.45) is 11.8 Å². The van der Waals surface area contributed by atoms with Crippen molar-refractivity contribution in [2.75, 3.05) is 26.2 Å². The number of amides is 3. The summed E-state index contributed by atoms with van der Waals surface area (Å²) in [6, 6.07) is 8.03. The molecule has 6 nitrogen and oxygen atoms in total. The van der Waals surface area contributed by atoms with Gasteiger partial charge in [0.1, 0.15) is 5.75 Å². The second-order valence-corrected chi connectivity index (χ2v) is 9.95. The van der Waals surface area contributed by atoms with Crippen LogP contribution in [0.1, 0.15) is 70.3 Å². The molecule has 2 saturated heterocycles. The maximum atomic E-state index is 12.8. The normalized spacial score (nSPS) is 21.4. The lowest BCUT2D eigenvalue weighted by molar-refractivity contribution is -0.138. The Bertz CT molecular complexity index is 761. The molecule has 4 rings (SSSR count). The summed E-state index contributed by atoms with van der Waals surface area (Å²) >= 11 is 0. The number of carbonyl (C=O) groups is 2. The van der Waals surface area contributed by atoms with Gasteiger partial charge in [-0.05, 0) is 75.0 Å². The zero-order valence-electron chi connectivity index (χ0n) is 19.6. The predicted molar refractivity (Wildman–Crippen MR) is 125 cm³/mol. The minimum atomic E-state index is -0.0405. The van der Waals surface area contributed by atoms with Crippen LogP contribution >= 0.6 is 0 Å². The molecule has 3 fully saturated rings. The van der Waals surface area contributed by atoms with Gasteiger partial charge in [-0.3, -0.25) is 4.79 Å². The highest BCUT2D eigenvalue weighted by Gasteiger charge is 2.31. The van der Waals surface area contributed by atoms with Crippen molar-refractivity contribution in [3.8, 4) is 5.75 Å². The largest absolute Gasteiger partial charge is 0.490 e. The van der Waals surface area contributed by atoms with Gasteiger partial charge in [0.25, 0.3) is 0 Å². The van der Waals surface area contributed by atoms with Gasteiger partial charge >= 0.3 is 6.03 Å². The molecule has 2 aliphatic heterocycles. The van der Waals surface area contributed by atoms with Gasteiger partial charge in [-0.15, -0.1) is 0 Å². The summed E-state index contributed by atoms with van der Waals surface area (Å²) in [6.45, 7) is 5.84. The summed E-state index contributed by atoms with van der Waals surface area (Å²) in [5.41, 5.74) is 1.05. The first-order chi connectivity index (χ1) is 15.6. The summed E-state index contributed by atoms with van der Waals surface area (Å²) in [6.07, 6.45) is 10.2. The van der Waals surface area contributed by atoms with Gasteiger partial charge < -0.3 is 19.9 Å². The van der Waals surface area contributed by atoms with Gasteiger partial charge in [-0.2, -0.15) is 0 Å².